The Morgan fingerprint density at radius 1 is 1.32 bits per heavy atom. The minimum absolute atomic E-state index is 0.0259. The highest BCUT2D eigenvalue weighted by Gasteiger charge is 2.20. The SMILES string of the molecule is COC[C@H]1CCCN(C(=O)NCc2cccc(OC(C)(C)C)n2)CC1. The minimum Gasteiger partial charge on any atom is -0.472 e. The Morgan fingerprint density at radius 3 is 2.84 bits per heavy atom. The average molecular weight is 349 g/mol. The van der Waals surface area contributed by atoms with E-state index in [9.17, 15) is 4.79 Å². The summed E-state index contributed by atoms with van der Waals surface area (Å²) in [7, 11) is 1.74. The second-order valence-electron chi connectivity index (χ2n) is 7.58. The van der Waals surface area contributed by atoms with Crippen LogP contribution >= 0.6 is 0 Å². The van der Waals surface area contributed by atoms with Crippen molar-refractivity contribution in [1.82, 2.24) is 15.2 Å². The van der Waals surface area contributed by atoms with Crippen LogP contribution in [-0.4, -0.2) is 48.3 Å². The second-order valence-corrected chi connectivity index (χ2v) is 7.58. The molecule has 0 spiro atoms. The molecule has 1 aliphatic rings. The van der Waals surface area contributed by atoms with E-state index in [0.717, 1.165) is 44.7 Å². The zero-order chi connectivity index (χ0) is 18.3. The summed E-state index contributed by atoms with van der Waals surface area (Å²) in [5.41, 5.74) is 0.502. The van der Waals surface area contributed by atoms with Crippen LogP contribution in [0.25, 0.3) is 0 Å². The van der Waals surface area contributed by atoms with Gasteiger partial charge in [0, 0.05) is 32.9 Å². The van der Waals surface area contributed by atoms with Crippen molar-refractivity contribution in [3.8, 4) is 5.88 Å². The van der Waals surface area contributed by atoms with E-state index < -0.39 is 0 Å². The van der Waals surface area contributed by atoms with Crippen molar-refractivity contribution >= 4 is 6.03 Å². The fourth-order valence-electron chi connectivity index (χ4n) is 2.98. The summed E-state index contributed by atoms with van der Waals surface area (Å²) in [5.74, 6) is 1.13. The molecule has 0 radical (unpaired) electrons. The molecule has 6 nitrogen and oxygen atoms in total. The Balaban J connectivity index is 1.84. The van der Waals surface area contributed by atoms with Crippen molar-refractivity contribution in [3.63, 3.8) is 0 Å². The Hall–Kier alpha value is -1.82. The van der Waals surface area contributed by atoms with Crippen molar-refractivity contribution < 1.29 is 14.3 Å². The number of rotatable bonds is 5. The molecular weight excluding hydrogens is 318 g/mol. The second kappa shape index (κ2) is 9.04. The Bertz CT molecular complexity index is 557. The third kappa shape index (κ3) is 6.90. The van der Waals surface area contributed by atoms with Gasteiger partial charge in [-0.3, -0.25) is 0 Å². The summed E-state index contributed by atoms with van der Waals surface area (Å²) in [6, 6.07) is 5.60. The zero-order valence-electron chi connectivity index (χ0n) is 15.9. The molecule has 1 N–H and O–H groups in total. The Kier molecular flexibility index (Phi) is 7.05. The molecule has 1 saturated heterocycles. The maximum atomic E-state index is 12.4. The summed E-state index contributed by atoms with van der Waals surface area (Å²) in [4.78, 5) is 18.8. The lowest BCUT2D eigenvalue weighted by Crippen LogP contribution is -2.40. The van der Waals surface area contributed by atoms with Crippen LogP contribution in [0.3, 0.4) is 0 Å². The van der Waals surface area contributed by atoms with Crippen molar-refractivity contribution in [3.05, 3.63) is 23.9 Å². The molecule has 2 amide bonds. The van der Waals surface area contributed by atoms with Crippen LogP contribution in [0.4, 0.5) is 4.79 Å². The molecule has 0 aliphatic carbocycles. The van der Waals surface area contributed by atoms with Gasteiger partial charge in [-0.15, -0.1) is 0 Å². The van der Waals surface area contributed by atoms with Crippen LogP contribution in [-0.2, 0) is 11.3 Å². The standard InChI is InChI=1S/C19H31N3O3/c1-19(2,3)25-17-9-5-8-16(21-17)13-20-18(23)22-11-6-7-15(10-12-22)14-24-4/h5,8-9,15H,6-7,10-14H2,1-4H3,(H,20,23)/t15-/m0/s1. The van der Waals surface area contributed by atoms with Crippen LogP contribution in [0.5, 0.6) is 5.88 Å². The van der Waals surface area contributed by atoms with Crippen LogP contribution < -0.4 is 10.1 Å². The van der Waals surface area contributed by atoms with Crippen LogP contribution in [0, 0.1) is 5.92 Å². The average Bonchev–Trinajstić information content (AvgIpc) is 2.77. The summed E-state index contributed by atoms with van der Waals surface area (Å²) >= 11 is 0. The maximum Gasteiger partial charge on any atom is 0.317 e. The van der Waals surface area contributed by atoms with Gasteiger partial charge in [0.25, 0.3) is 0 Å². The van der Waals surface area contributed by atoms with Gasteiger partial charge in [0.1, 0.15) is 5.60 Å². The molecule has 2 heterocycles. The van der Waals surface area contributed by atoms with E-state index in [2.05, 4.69) is 10.3 Å². The normalized spacial score (nSPS) is 18.6. The molecule has 0 bridgehead atoms. The topological polar surface area (TPSA) is 63.7 Å². The molecule has 1 atom stereocenters. The molecule has 6 heteroatoms. The van der Waals surface area contributed by atoms with Gasteiger partial charge in [0.2, 0.25) is 5.88 Å². The highest BCUT2D eigenvalue weighted by atomic mass is 16.5. The number of ether oxygens (including phenoxy) is 2. The number of amides is 2. The first-order valence-electron chi connectivity index (χ1n) is 9.04. The Morgan fingerprint density at radius 2 is 2.12 bits per heavy atom. The maximum absolute atomic E-state index is 12.4. The molecule has 0 aromatic carbocycles. The minimum atomic E-state index is -0.292. The first-order valence-corrected chi connectivity index (χ1v) is 9.04. The highest BCUT2D eigenvalue weighted by Crippen LogP contribution is 2.18. The van der Waals surface area contributed by atoms with Crippen molar-refractivity contribution in [2.75, 3.05) is 26.8 Å². The van der Waals surface area contributed by atoms with Crippen molar-refractivity contribution in [2.24, 2.45) is 5.92 Å². The number of urea groups is 1. The van der Waals surface area contributed by atoms with Gasteiger partial charge in [0.05, 0.1) is 12.2 Å². The molecule has 25 heavy (non-hydrogen) atoms. The lowest BCUT2D eigenvalue weighted by atomic mass is 10.0. The predicted molar refractivity (Wildman–Crippen MR) is 97.6 cm³/mol. The number of carbonyl (C=O) groups is 1. The molecule has 0 unspecified atom stereocenters. The number of methoxy groups -OCH3 is 1. The third-order valence-electron chi connectivity index (χ3n) is 4.15. The number of pyridine rings is 1. The van der Waals surface area contributed by atoms with E-state index in [-0.39, 0.29) is 11.6 Å². The number of aromatic nitrogens is 1. The molecule has 1 fully saturated rings. The summed E-state index contributed by atoms with van der Waals surface area (Å²) < 4.78 is 11.0. The van der Waals surface area contributed by atoms with E-state index in [1.54, 1.807) is 7.11 Å². The van der Waals surface area contributed by atoms with E-state index in [1.807, 2.05) is 43.9 Å². The van der Waals surface area contributed by atoms with Gasteiger partial charge in [-0.25, -0.2) is 9.78 Å². The Labute approximate surface area is 150 Å². The molecule has 1 aliphatic heterocycles. The molecule has 1 aromatic heterocycles. The zero-order valence-corrected chi connectivity index (χ0v) is 15.9. The smallest absolute Gasteiger partial charge is 0.317 e. The molecule has 1 aromatic rings. The molecular formula is C19H31N3O3. The monoisotopic (exact) mass is 349 g/mol. The number of hydrogen-bond acceptors (Lipinski definition) is 4. The van der Waals surface area contributed by atoms with Gasteiger partial charge in [-0.05, 0) is 52.0 Å². The van der Waals surface area contributed by atoms with Gasteiger partial charge >= 0.3 is 6.03 Å². The molecule has 140 valence electrons. The van der Waals surface area contributed by atoms with Crippen molar-refractivity contribution in [1.29, 1.82) is 0 Å². The van der Waals surface area contributed by atoms with Crippen LogP contribution in [0.1, 0.15) is 45.7 Å². The largest absolute Gasteiger partial charge is 0.472 e. The van der Waals surface area contributed by atoms with Gasteiger partial charge in [-0.2, -0.15) is 0 Å². The number of carbonyl (C=O) groups excluding carboxylic acids is 1. The third-order valence-corrected chi connectivity index (χ3v) is 4.15. The van der Waals surface area contributed by atoms with Crippen LogP contribution in [0.15, 0.2) is 18.2 Å². The fraction of sp³-hybridized carbons (Fsp3) is 0.684. The number of nitrogens with zero attached hydrogens (tertiary/aromatic N) is 2. The predicted octanol–water partition coefficient (Wildman–Crippen LogP) is 3.22. The van der Waals surface area contributed by atoms with E-state index in [1.165, 1.54) is 0 Å². The van der Waals surface area contributed by atoms with E-state index in [0.29, 0.717) is 18.3 Å². The van der Waals surface area contributed by atoms with Gasteiger partial charge < -0.3 is 19.7 Å². The molecule has 2 rings (SSSR count). The van der Waals surface area contributed by atoms with Crippen molar-refractivity contribution in [2.45, 2.75) is 52.2 Å². The number of hydrogen-bond donors (Lipinski definition) is 1. The summed E-state index contributed by atoms with van der Waals surface area (Å²) in [6.45, 7) is 8.71. The van der Waals surface area contributed by atoms with Gasteiger partial charge in [0.15, 0.2) is 0 Å². The number of likely N-dealkylation sites (tertiary alicyclic amines) is 1. The fourth-order valence-corrected chi connectivity index (χ4v) is 2.98. The highest BCUT2D eigenvalue weighted by molar-refractivity contribution is 5.74. The summed E-state index contributed by atoms with van der Waals surface area (Å²) in [5, 5.41) is 2.97. The lowest BCUT2D eigenvalue weighted by molar-refractivity contribution is 0.123. The van der Waals surface area contributed by atoms with Crippen LogP contribution in [0.2, 0.25) is 0 Å². The lowest BCUT2D eigenvalue weighted by Gasteiger charge is -2.22. The van der Waals surface area contributed by atoms with E-state index in [4.69, 9.17) is 9.47 Å². The van der Waals surface area contributed by atoms with E-state index >= 15 is 0 Å². The number of nitrogens with one attached hydrogen (secondary N) is 1. The summed E-state index contributed by atoms with van der Waals surface area (Å²) in [6.07, 6.45) is 3.13. The molecule has 0 saturated carbocycles. The first-order chi connectivity index (χ1) is 11.9. The quantitative estimate of drug-likeness (QED) is 0.886. The first kappa shape index (κ1) is 19.5. The van der Waals surface area contributed by atoms with Gasteiger partial charge in [-0.1, -0.05) is 6.07 Å².